The number of benzene rings is 3. The minimum atomic E-state index is 0.192. The maximum atomic E-state index is 6.06. The summed E-state index contributed by atoms with van der Waals surface area (Å²) in [6.07, 6.45) is 6.43. The Morgan fingerprint density at radius 1 is 0.656 bits per heavy atom. The molecule has 0 saturated heterocycles. The SMILES string of the molecule is Nc1nc(-c2ccc(-c3ccccc3)cc2)nc(-c2ccc3c4c(oc3c2)=CCCC=4)n1. The third-order valence-corrected chi connectivity index (χ3v) is 5.76. The van der Waals surface area contributed by atoms with Gasteiger partial charge in [-0.15, -0.1) is 0 Å². The highest BCUT2D eigenvalue weighted by atomic mass is 16.3. The zero-order valence-electron chi connectivity index (χ0n) is 17.3. The zero-order valence-corrected chi connectivity index (χ0v) is 17.3. The van der Waals surface area contributed by atoms with Crippen molar-refractivity contribution < 1.29 is 4.42 Å². The Labute approximate surface area is 184 Å². The number of anilines is 1. The van der Waals surface area contributed by atoms with Crippen molar-refractivity contribution in [2.45, 2.75) is 12.8 Å². The molecular formula is C27H20N4O. The van der Waals surface area contributed by atoms with Gasteiger partial charge in [0.1, 0.15) is 11.0 Å². The molecule has 0 bridgehead atoms. The fourth-order valence-electron chi connectivity index (χ4n) is 4.17. The largest absolute Gasteiger partial charge is 0.456 e. The molecule has 0 spiro atoms. The van der Waals surface area contributed by atoms with Gasteiger partial charge in [-0.25, -0.2) is 4.98 Å². The molecule has 0 unspecified atom stereocenters. The Bertz CT molecular complexity index is 1570. The van der Waals surface area contributed by atoms with E-state index in [2.05, 4.69) is 52.5 Å². The molecule has 0 radical (unpaired) electrons. The van der Waals surface area contributed by atoms with Crippen LogP contribution in [-0.4, -0.2) is 15.0 Å². The average molecular weight is 416 g/mol. The fraction of sp³-hybridized carbons (Fsp3) is 0.0741. The smallest absolute Gasteiger partial charge is 0.224 e. The second-order valence-corrected chi connectivity index (χ2v) is 7.86. The monoisotopic (exact) mass is 416 g/mol. The summed E-state index contributed by atoms with van der Waals surface area (Å²) in [5.41, 5.74) is 11.9. The van der Waals surface area contributed by atoms with Crippen molar-refractivity contribution in [2.75, 3.05) is 5.73 Å². The third-order valence-electron chi connectivity index (χ3n) is 5.76. The van der Waals surface area contributed by atoms with Crippen LogP contribution in [0, 0.1) is 0 Å². The van der Waals surface area contributed by atoms with Gasteiger partial charge in [-0.3, -0.25) is 0 Å². The number of hydrogen-bond donors (Lipinski definition) is 1. The van der Waals surface area contributed by atoms with Gasteiger partial charge >= 0.3 is 0 Å². The van der Waals surface area contributed by atoms with Crippen LogP contribution in [0.15, 0.2) is 77.2 Å². The van der Waals surface area contributed by atoms with E-state index in [9.17, 15) is 0 Å². The molecule has 1 aliphatic rings. The maximum Gasteiger partial charge on any atom is 0.224 e. The molecule has 1 aliphatic carbocycles. The first-order chi connectivity index (χ1) is 15.7. The highest BCUT2D eigenvalue weighted by Gasteiger charge is 2.12. The van der Waals surface area contributed by atoms with Crippen molar-refractivity contribution in [1.29, 1.82) is 0 Å². The molecule has 2 aromatic heterocycles. The highest BCUT2D eigenvalue weighted by molar-refractivity contribution is 5.84. The molecule has 0 amide bonds. The first-order valence-electron chi connectivity index (χ1n) is 10.7. The van der Waals surface area contributed by atoms with Crippen molar-refractivity contribution in [1.82, 2.24) is 15.0 Å². The van der Waals surface area contributed by atoms with Crippen LogP contribution in [0.3, 0.4) is 0 Å². The Morgan fingerprint density at radius 3 is 2.12 bits per heavy atom. The van der Waals surface area contributed by atoms with Crippen molar-refractivity contribution in [3.63, 3.8) is 0 Å². The van der Waals surface area contributed by atoms with Gasteiger partial charge < -0.3 is 10.2 Å². The predicted octanol–water partition coefficient (Wildman–Crippen LogP) is 4.56. The summed E-state index contributed by atoms with van der Waals surface area (Å²) < 4.78 is 6.06. The Kier molecular flexibility index (Phi) is 4.32. The van der Waals surface area contributed by atoms with Gasteiger partial charge in [-0.2, -0.15) is 9.97 Å². The number of furan rings is 1. The molecular weight excluding hydrogens is 396 g/mol. The summed E-state index contributed by atoms with van der Waals surface area (Å²) >= 11 is 0. The summed E-state index contributed by atoms with van der Waals surface area (Å²) in [5, 5.41) is 2.28. The van der Waals surface area contributed by atoms with E-state index in [0.29, 0.717) is 11.6 Å². The molecule has 5 nitrogen and oxygen atoms in total. The molecule has 5 aromatic rings. The topological polar surface area (TPSA) is 77.8 Å². The van der Waals surface area contributed by atoms with Gasteiger partial charge in [0.05, 0.1) is 0 Å². The summed E-state index contributed by atoms with van der Waals surface area (Å²) in [4.78, 5) is 13.5. The molecule has 0 atom stereocenters. The van der Waals surface area contributed by atoms with E-state index >= 15 is 0 Å². The van der Waals surface area contributed by atoms with E-state index in [4.69, 9.17) is 15.1 Å². The molecule has 2 N–H and O–H groups in total. The van der Waals surface area contributed by atoms with Crippen LogP contribution in [0.5, 0.6) is 0 Å². The number of aromatic nitrogens is 3. The number of hydrogen-bond acceptors (Lipinski definition) is 5. The average Bonchev–Trinajstić information content (AvgIpc) is 3.22. The van der Waals surface area contributed by atoms with Crippen LogP contribution < -0.4 is 16.4 Å². The third kappa shape index (κ3) is 3.24. The lowest BCUT2D eigenvalue weighted by atomic mass is 10.0. The van der Waals surface area contributed by atoms with E-state index in [1.165, 1.54) is 10.8 Å². The van der Waals surface area contributed by atoms with Crippen LogP contribution in [0.4, 0.5) is 5.95 Å². The van der Waals surface area contributed by atoms with Crippen LogP contribution >= 0.6 is 0 Å². The minimum Gasteiger partial charge on any atom is -0.456 e. The standard InChI is InChI=1S/C27H20N4O/c28-27-30-25(19-12-10-18(11-13-19)17-6-2-1-3-7-17)29-26(31-27)20-14-15-22-21-8-4-5-9-23(21)32-24(22)16-20/h1-3,6-16H,4-5H2,(H2,28,29,30,31). The van der Waals surface area contributed by atoms with Gasteiger partial charge in [0.15, 0.2) is 11.6 Å². The predicted molar refractivity (Wildman–Crippen MR) is 128 cm³/mol. The molecule has 2 heterocycles. The Morgan fingerprint density at radius 2 is 1.31 bits per heavy atom. The van der Waals surface area contributed by atoms with Crippen molar-refractivity contribution in [2.24, 2.45) is 0 Å². The van der Waals surface area contributed by atoms with E-state index in [-0.39, 0.29) is 5.95 Å². The quantitative estimate of drug-likeness (QED) is 0.467. The Balaban J connectivity index is 1.40. The van der Waals surface area contributed by atoms with Crippen LogP contribution in [0.1, 0.15) is 12.8 Å². The van der Waals surface area contributed by atoms with Gasteiger partial charge in [0.25, 0.3) is 0 Å². The van der Waals surface area contributed by atoms with Gasteiger partial charge in [-0.05, 0) is 42.2 Å². The van der Waals surface area contributed by atoms with E-state index in [1.807, 2.05) is 42.5 Å². The molecule has 154 valence electrons. The van der Waals surface area contributed by atoms with Crippen LogP contribution in [-0.2, 0) is 0 Å². The molecule has 0 aliphatic heterocycles. The molecule has 5 heteroatoms. The number of nitrogens with zero attached hydrogens (tertiary/aromatic N) is 3. The van der Waals surface area contributed by atoms with Crippen molar-refractivity contribution in [3.8, 4) is 33.9 Å². The zero-order chi connectivity index (χ0) is 21.5. The summed E-state index contributed by atoms with van der Waals surface area (Å²) in [7, 11) is 0. The van der Waals surface area contributed by atoms with Gasteiger partial charge in [0.2, 0.25) is 5.95 Å². The number of nitrogen functional groups attached to an aromatic ring is 1. The summed E-state index contributed by atoms with van der Waals surface area (Å²) in [6, 6.07) is 24.5. The lowest BCUT2D eigenvalue weighted by molar-refractivity contribution is 0.572. The molecule has 3 aromatic carbocycles. The summed E-state index contributed by atoms with van der Waals surface area (Å²) in [6.45, 7) is 0. The second-order valence-electron chi connectivity index (χ2n) is 7.86. The molecule has 0 fully saturated rings. The summed E-state index contributed by atoms with van der Waals surface area (Å²) in [5.74, 6) is 1.27. The molecule has 32 heavy (non-hydrogen) atoms. The van der Waals surface area contributed by atoms with E-state index in [0.717, 1.165) is 45.9 Å². The lowest BCUT2D eigenvalue weighted by Crippen LogP contribution is -2.21. The minimum absolute atomic E-state index is 0.192. The first kappa shape index (κ1) is 18.5. The van der Waals surface area contributed by atoms with E-state index < -0.39 is 0 Å². The molecule has 0 saturated carbocycles. The normalized spacial score (nSPS) is 12.8. The van der Waals surface area contributed by atoms with Crippen LogP contribution in [0.25, 0.3) is 57.0 Å². The number of fused-ring (bicyclic) bond motifs is 3. The van der Waals surface area contributed by atoms with Crippen molar-refractivity contribution >= 4 is 29.1 Å². The molecule has 6 rings (SSSR count). The first-order valence-corrected chi connectivity index (χ1v) is 10.7. The Hall–Kier alpha value is -4.25. The lowest BCUT2D eigenvalue weighted by Gasteiger charge is -2.07. The maximum absolute atomic E-state index is 6.06. The van der Waals surface area contributed by atoms with E-state index in [1.54, 1.807) is 0 Å². The highest BCUT2D eigenvalue weighted by Crippen LogP contribution is 2.26. The van der Waals surface area contributed by atoms with Gasteiger partial charge in [0, 0.05) is 21.7 Å². The van der Waals surface area contributed by atoms with Crippen molar-refractivity contribution in [3.05, 3.63) is 83.4 Å². The number of nitrogens with two attached hydrogens (primary N) is 1. The van der Waals surface area contributed by atoms with Gasteiger partial charge in [-0.1, -0.05) is 66.7 Å². The van der Waals surface area contributed by atoms with Crippen LogP contribution in [0.2, 0.25) is 0 Å². The fourth-order valence-corrected chi connectivity index (χ4v) is 4.17. The number of rotatable bonds is 3. The second kappa shape index (κ2) is 7.46.